The minimum absolute atomic E-state index is 0.463. The third kappa shape index (κ3) is 5.09. The van der Waals surface area contributed by atoms with Crippen LogP contribution < -0.4 is 10.7 Å². The van der Waals surface area contributed by atoms with Gasteiger partial charge in [0.1, 0.15) is 0 Å². The van der Waals surface area contributed by atoms with E-state index in [0.29, 0.717) is 21.3 Å². The zero-order valence-corrected chi connectivity index (χ0v) is 13.7. The van der Waals surface area contributed by atoms with E-state index in [1.165, 1.54) is 6.21 Å². The van der Waals surface area contributed by atoms with Crippen LogP contribution in [0.25, 0.3) is 0 Å². The Labute approximate surface area is 143 Å². The molecule has 0 unspecified atom stereocenters. The Morgan fingerprint density at radius 1 is 1.04 bits per heavy atom. The van der Waals surface area contributed by atoms with Gasteiger partial charge in [0, 0.05) is 15.7 Å². The molecule has 2 N–H and O–H groups in total. The van der Waals surface area contributed by atoms with Gasteiger partial charge in [-0.3, -0.25) is 9.59 Å². The number of carbonyl (C=O) groups is 2. The monoisotopic (exact) mass is 349 g/mol. The summed E-state index contributed by atoms with van der Waals surface area (Å²) in [6.07, 6.45) is 1.39. The van der Waals surface area contributed by atoms with Gasteiger partial charge in [-0.25, -0.2) is 5.43 Å². The Morgan fingerprint density at radius 2 is 1.78 bits per heavy atom. The fourth-order valence-electron chi connectivity index (χ4n) is 1.71. The maximum absolute atomic E-state index is 11.8. The van der Waals surface area contributed by atoms with E-state index in [1.807, 2.05) is 0 Å². The van der Waals surface area contributed by atoms with Crippen LogP contribution in [0, 0.1) is 6.92 Å². The van der Waals surface area contributed by atoms with Crippen LogP contribution in [0.5, 0.6) is 0 Å². The molecule has 118 valence electrons. The summed E-state index contributed by atoms with van der Waals surface area (Å²) in [5.41, 5.74) is 4.10. The topological polar surface area (TPSA) is 70.6 Å². The maximum atomic E-state index is 11.8. The summed E-state index contributed by atoms with van der Waals surface area (Å²) in [7, 11) is 0. The second kappa shape index (κ2) is 7.76. The molecule has 0 aliphatic heterocycles. The first-order valence-electron chi connectivity index (χ1n) is 6.62. The smallest absolute Gasteiger partial charge is 0.317 e. The highest BCUT2D eigenvalue weighted by Gasteiger charge is 2.14. The molecule has 5 nitrogen and oxygen atoms in total. The number of carbonyl (C=O) groups excluding carboxylic acids is 2. The predicted molar refractivity (Wildman–Crippen MR) is 92.0 cm³/mol. The molecule has 2 aromatic rings. The second-order valence-electron chi connectivity index (χ2n) is 4.67. The molecule has 0 atom stereocenters. The number of amides is 2. The highest BCUT2D eigenvalue weighted by atomic mass is 35.5. The molecule has 0 radical (unpaired) electrons. The van der Waals surface area contributed by atoms with Crippen molar-refractivity contribution in [1.82, 2.24) is 5.43 Å². The van der Waals surface area contributed by atoms with Crippen molar-refractivity contribution in [3.8, 4) is 0 Å². The summed E-state index contributed by atoms with van der Waals surface area (Å²) in [6.45, 7) is 1.79. The van der Waals surface area contributed by atoms with Gasteiger partial charge in [-0.1, -0.05) is 41.4 Å². The minimum atomic E-state index is -0.886. The summed E-state index contributed by atoms with van der Waals surface area (Å²) in [4.78, 5) is 23.5. The Balaban J connectivity index is 1.95. The summed E-state index contributed by atoms with van der Waals surface area (Å²) in [5, 5.41) is 7.21. The molecule has 0 bridgehead atoms. The number of hydrogen-bond acceptors (Lipinski definition) is 3. The van der Waals surface area contributed by atoms with E-state index in [1.54, 1.807) is 49.4 Å². The van der Waals surface area contributed by atoms with Crippen LogP contribution in [0.2, 0.25) is 10.0 Å². The zero-order chi connectivity index (χ0) is 16.8. The Morgan fingerprint density at radius 3 is 2.52 bits per heavy atom. The molecule has 0 saturated carbocycles. The van der Waals surface area contributed by atoms with Crippen LogP contribution in [0.3, 0.4) is 0 Å². The van der Waals surface area contributed by atoms with E-state index in [4.69, 9.17) is 23.2 Å². The lowest BCUT2D eigenvalue weighted by molar-refractivity contribution is -0.136. The average Bonchev–Trinajstić information content (AvgIpc) is 2.51. The van der Waals surface area contributed by atoms with Crippen molar-refractivity contribution < 1.29 is 9.59 Å². The molecule has 2 amide bonds. The van der Waals surface area contributed by atoms with Crippen molar-refractivity contribution in [2.45, 2.75) is 6.92 Å². The largest absolute Gasteiger partial charge is 0.329 e. The number of rotatable bonds is 3. The number of anilines is 1. The van der Waals surface area contributed by atoms with Crippen molar-refractivity contribution in [3.05, 3.63) is 63.6 Å². The van der Waals surface area contributed by atoms with Gasteiger partial charge in [0.05, 0.1) is 6.21 Å². The SMILES string of the molecule is Cc1ccc(Cl)cc1NC(=O)C(=O)N/N=C\c1cccc(Cl)c1. The number of halogens is 2. The van der Waals surface area contributed by atoms with E-state index < -0.39 is 11.8 Å². The highest BCUT2D eigenvalue weighted by molar-refractivity contribution is 6.40. The molecular formula is C16H13Cl2N3O2. The predicted octanol–water partition coefficient (Wildman–Crippen LogP) is 3.39. The standard InChI is InChI=1S/C16H13Cl2N3O2/c1-10-5-6-13(18)8-14(10)20-15(22)16(23)21-19-9-11-3-2-4-12(17)7-11/h2-9H,1H3,(H,20,22)(H,21,23)/b19-9-. The zero-order valence-electron chi connectivity index (χ0n) is 12.1. The van der Waals surface area contributed by atoms with E-state index >= 15 is 0 Å². The molecule has 23 heavy (non-hydrogen) atoms. The third-order valence-corrected chi connectivity index (χ3v) is 3.35. The first-order valence-corrected chi connectivity index (χ1v) is 7.37. The van der Waals surface area contributed by atoms with Crippen LogP contribution in [-0.2, 0) is 9.59 Å². The molecule has 0 spiro atoms. The summed E-state index contributed by atoms with van der Waals surface area (Å²) >= 11 is 11.7. The van der Waals surface area contributed by atoms with Gasteiger partial charge >= 0.3 is 11.8 Å². The van der Waals surface area contributed by atoms with E-state index in [0.717, 1.165) is 5.56 Å². The molecule has 7 heteroatoms. The van der Waals surface area contributed by atoms with Gasteiger partial charge < -0.3 is 5.32 Å². The van der Waals surface area contributed by atoms with Crippen LogP contribution in [0.4, 0.5) is 5.69 Å². The van der Waals surface area contributed by atoms with Crippen molar-refractivity contribution in [2.75, 3.05) is 5.32 Å². The molecule has 2 rings (SSSR count). The van der Waals surface area contributed by atoms with Gasteiger partial charge in [-0.2, -0.15) is 5.10 Å². The average molecular weight is 350 g/mol. The number of nitrogens with zero attached hydrogens (tertiary/aromatic N) is 1. The Kier molecular flexibility index (Phi) is 5.73. The molecule has 0 saturated heterocycles. The van der Waals surface area contributed by atoms with Crippen molar-refractivity contribution in [2.24, 2.45) is 5.10 Å². The van der Waals surface area contributed by atoms with Gasteiger partial charge in [-0.05, 0) is 42.3 Å². The molecule has 0 heterocycles. The van der Waals surface area contributed by atoms with E-state index in [9.17, 15) is 9.59 Å². The maximum Gasteiger partial charge on any atom is 0.329 e. The lowest BCUT2D eigenvalue weighted by atomic mass is 10.2. The summed E-state index contributed by atoms with van der Waals surface area (Å²) in [5.74, 6) is -1.72. The van der Waals surface area contributed by atoms with E-state index in [-0.39, 0.29) is 0 Å². The molecular weight excluding hydrogens is 337 g/mol. The van der Waals surface area contributed by atoms with Crippen molar-refractivity contribution >= 4 is 46.9 Å². The van der Waals surface area contributed by atoms with Gasteiger partial charge in [-0.15, -0.1) is 0 Å². The van der Waals surface area contributed by atoms with Gasteiger partial charge in [0.15, 0.2) is 0 Å². The Bertz CT molecular complexity index is 776. The number of hydrazone groups is 1. The first kappa shape index (κ1) is 17.0. The third-order valence-electron chi connectivity index (χ3n) is 2.88. The molecule has 0 aromatic heterocycles. The van der Waals surface area contributed by atoms with Crippen LogP contribution >= 0.6 is 23.2 Å². The van der Waals surface area contributed by atoms with E-state index in [2.05, 4.69) is 15.8 Å². The summed E-state index contributed by atoms with van der Waals surface area (Å²) < 4.78 is 0. The van der Waals surface area contributed by atoms with Crippen molar-refractivity contribution in [1.29, 1.82) is 0 Å². The number of nitrogens with one attached hydrogen (secondary N) is 2. The second-order valence-corrected chi connectivity index (χ2v) is 5.54. The minimum Gasteiger partial charge on any atom is -0.317 e. The number of hydrogen-bond donors (Lipinski definition) is 2. The lowest BCUT2D eigenvalue weighted by Gasteiger charge is -2.07. The van der Waals surface area contributed by atoms with Gasteiger partial charge in [0.25, 0.3) is 0 Å². The molecule has 0 aliphatic rings. The fraction of sp³-hybridized carbons (Fsp3) is 0.0625. The molecule has 0 aliphatic carbocycles. The quantitative estimate of drug-likeness (QED) is 0.506. The van der Waals surface area contributed by atoms with Gasteiger partial charge in [0.2, 0.25) is 0 Å². The number of aryl methyl sites for hydroxylation is 1. The van der Waals surface area contributed by atoms with Crippen LogP contribution in [0.1, 0.15) is 11.1 Å². The highest BCUT2D eigenvalue weighted by Crippen LogP contribution is 2.19. The Hall–Kier alpha value is -2.37. The normalized spacial score (nSPS) is 10.6. The number of benzene rings is 2. The first-order chi connectivity index (χ1) is 11.0. The fourth-order valence-corrected chi connectivity index (χ4v) is 2.08. The summed E-state index contributed by atoms with van der Waals surface area (Å²) in [6, 6.07) is 11.9. The van der Waals surface area contributed by atoms with Crippen molar-refractivity contribution in [3.63, 3.8) is 0 Å². The van der Waals surface area contributed by atoms with Crippen LogP contribution in [-0.4, -0.2) is 18.0 Å². The van der Waals surface area contributed by atoms with Crippen LogP contribution in [0.15, 0.2) is 47.6 Å². The molecule has 0 fully saturated rings. The lowest BCUT2D eigenvalue weighted by Crippen LogP contribution is -2.32. The molecule has 2 aromatic carbocycles.